The summed E-state index contributed by atoms with van der Waals surface area (Å²) in [5.74, 6) is 0.389. The number of aldehydes is 1. The third kappa shape index (κ3) is 2.74. The first-order valence-electron chi connectivity index (χ1n) is 5.48. The topological polar surface area (TPSA) is 105 Å². The number of benzene rings is 1. The Hall–Kier alpha value is -2.90. The second kappa shape index (κ2) is 5.83. The molecule has 8 nitrogen and oxygen atoms in total. The van der Waals surface area contributed by atoms with Gasteiger partial charge >= 0.3 is 0 Å². The summed E-state index contributed by atoms with van der Waals surface area (Å²) < 4.78 is 15.1. The van der Waals surface area contributed by atoms with Crippen LogP contribution in [0.4, 0.5) is 5.69 Å². The molecule has 0 fully saturated rings. The molecule has 0 aliphatic carbocycles. The van der Waals surface area contributed by atoms with Crippen molar-refractivity contribution >= 4 is 12.0 Å². The quantitative estimate of drug-likeness (QED) is 0.452. The summed E-state index contributed by atoms with van der Waals surface area (Å²) >= 11 is 0. The zero-order valence-electron chi connectivity index (χ0n) is 10.4. The van der Waals surface area contributed by atoms with Crippen LogP contribution in [0.15, 0.2) is 29.1 Å². The number of hydrogen-bond acceptors (Lipinski definition) is 7. The third-order valence-electron chi connectivity index (χ3n) is 2.51. The Balaban J connectivity index is 2.32. The second-order valence-corrected chi connectivity index (χ2v) is 3.76. The zero-order chi connectivity index (χ0) is 14.5. The highest BCUT2D eigenvalue weighted by Gasteiger charge is 2.19. The number of aromatic nitrogens is 1. The van der Waals surface area contributed by atoms with E-state index < -0.39 is 4.92 Å². The van der Waals surface area contributed by atoms with Gasteiger partial charge in [0.2, 0.25) is 0 Å². The van der Waals surface area contributed by atoms with Gasteiger partial charge in [0, 0.05) is 11.6 Å². The van der Waals surface area contributed by atoms with Gasteiger partial charge in [-0.1, -0.05) is 5.16 Å². The molecule has 0 radical (unpaired) electrons. The number of rotatable bonds is 6. The summed E-state index contributed by atoms with van der Waals surface area (Å²) in [5, 5.41) is 14.4. The Morgan fingerprint density at radius 2 is 2.25 bits per heavy atom. The van der Waals surface area contributed by atoms with Gasteiger partial charge in [0.25, 0.3) is 5.69 Å². The van der Waals surface area contributed by atoms with Crippen molar-refractivity contribution in [1.29, 1.82) is 0 Å². The molecule has 0 saturated heterocycles. The summed E-state index contributed by atoms with van der Waals surface area (Å²) in [6.45, 7) is 0.109. The molecule has 0 atom stereocenters. The highest BCUT2D eigenvalue weighted by molar-refractivity contribution is 5.83. The summed E-state index contributed by atoms with van der Waals surface area (Å²) in [6.07, 6.45) is 3.24. The molecule has 20 heavy (non-hydrogen) atoms. The lowest BCUT2D eigenvalue weighted by molar-refractivity contribution is -0.385. The number of carbonyl (C=O) groups is 1. The molecule has 0 N–H and O–H groups in total. The van der Waals surface area contributed by atoms with Crippen LogP contribution in [0, 0.1) is 10.1 Å². The van der Waals surface area contributed by atoms with E-state index in [1.807, 2.05) is 0 Å². The van der Waals surface area contributed by atoms with Crippen LogP contribution in [-0.4, -0.2) is 23.5 Å². The lowest BCUT2D eigenvalue weighted by Gasteiger charge is -2.10. The van der Waals surface area contributed by atoms with Gasteiger partial charge in [0.1, 0.15) is 12.9 Å². The maximum absolute atomic E-state index is 10.9. The van der Waals surface area contributed by atoms with Crippen molar-refractivity contribution in [2.24, 2.45) is 0 Å². The highest BCUT2D eigenvalue weighted by atomic mass is 16.6. The Morgan fingerprint density at radius 3 is 2.80 bits per heavy atom. The summed E-state index contributed by atoms with van der Waals surface area (Å²) in [6, 6.07) is 2.41. The van der Waals surface area contributed by atoms with Crippen LogP contribution in [0.2, 0.25) is 0 Å². The van der Waals surface area contributed by atoms with E-state index in [1.54, 1.807) is 0 Å². The monoisotopic (exact) mass is 278 g/mol. The van der Waals surface area contributed by atoms with Gasteiger partial charge in [-0.05, 0) is 0 Å². The standard InChI is InChI=1S/C12H10N2O6/c1-18-11-2-9(5-15)10(14(16)17)3-12(11)19-6-8-4-13-20-7-8/h2-5,7H,6H2,1H3. The zero-order valence-corrected chi connectivity index (χ0v) is 10.4. The number of methoxy groups -OCH3 is 1. The minimum atomic E-state index is -0.657. The van der Waals surface area contributed by atoms with E-state index in [1.165, 1.54) is 25.6 Å². The molecular weight excluding hydrogens is 268 g/mol. The molecule has 0 bridgehead atoms. The van der Waals surface area contributed by atoms with Crippen molar-refractivity contribution in [3.8, 4) is 11.5 Å². The molecule has 0 spiro atoms. The average Bonchev–Trinajstić information content (AvgIpc) is 2.97. The molecule has 0 aliphatic heterocycles. The molecule has 1 heterocycles. The van der Waals surface area contributed by atoms with Crippen LogP contribution in [0.5, 0.6) is 11.5 Å². The number of nitro groups is 1. The molecule has 2 aromatic rings. The van der Waals surface area contributed by atoms with Crippen molar-refractivity contribution < 1.29 is 23.7 Å². The minimum absolute atomic E-state index is 0.0795. The Morgan fingerprint density at radius 1 is 1.45 bits per heavy atom. The minimum Gasteiger partial charge on any atom is -0.493 e. The largest absolute Gasteiger partial charge is 0.493 e. The van der Waals surface area contributed by atoms with Gasteiger partial charge in [-0.2, -0.15) is 0 Å². The van der Waals surface area contributed by atoms with Crippen molar-refractivity contribution in [3.05, 3.63) is 45.8 Å². The van der Waals surface area contributed by atoms with E-state index in [0.717, 1.165) is 6.07 Å². The SMILES string of the molecule is COc1cc(C=O)c([N+](=O)[O-])cc1OCc1cnoc1. The lowest BCUT2D eigenvalue weighted by Crippen LogP contribution is -2.01. The van der Waals surface area contributed by atoms with E-state index >= 15 is 0 Å². The molecule has 8 heteroatoms. The molecular formula is C12H10N2O6. The molecule has 2 rings (SSSR count). The van der Waals surface area contributed by atoms with Gasteiger partial charge < -0.3 is 14.0 Å². The maximum atomic E-state index is 10.9. The molecule has 104 valence electrons. The van der Waals surface area contributed by atoms with E-state index in [-0.39, 0.29) is 29.4 Å². The Bertz CT molecular complexity index is 623. The molecule has 0 unspecified atom stereocenters. The van der Waals surface area contributed by atoms with Crippen molar-refractivity contribution in [1.82, 2.24) is 5.16 Å². The lowest BCUT2D eigenvalue weighted by atomic mass is 10.1. The van der Waals surface area contributed by atoms with Gasteiger partial charge in [-0.25, -0.2) is 0 Å². The Kier molecular flexibility index (Phi) is 3.94. The van der Waals surface area contributed by atoms with E-state index in [0.29, 0.717) is 11.8 Å². The summed E-state index contributed by atoms with van der Waals surface area (Å²) in [4.78, 5) is 21.1. The number of ether oxygens (including phenoxy) is 2. The van der Waals surface area contributed by atoms with Crippen molar-refractivity contribution in [2.75, 3.05) is 7.11 Å². The molecule has 0 saturated carbocycles. The van der Waals surface area contributed by atoms with Gasteiger partial charge in [-0.3, -0.25) is 14.9 Å². The third-order valence-corrected chi connectivity index (χ3v) is 2.51. The van der Waals surface area contributed by atoms with E-state index in [9.17, 15) is 14.9 Å². The maximum Gasteiger partial charge on any atom is 0.283 e. The average molecular weight is 278 g/mol. The normalized spacial score (nSPS) is 10.1. The van der Waals surface area contributed by atoms with Crippen molar-refractivity contribution in [3.63, 3.8) is 0 Å². The van der Waals surface area contributed by atoms with Crippen LogP contribution in [0.25, 0.3) is 0 Å². The summed E-state index contributed by atoms with van der Waals surface area (Å²) in [5.41, 5.74) is 0.236. The fraction of sp³-hybridized carbons (Fsp3) is 0.167. The van der Waals surface area contributed by atoms with Crippen LogP contribution < -0.4 is 9.47 Å². The number of nitro benzene ring substituents is 1. The van der Waals surface area contributed by atoms with Crippen molar-refractivity contribution in [2.45, 2.75) is 6.61 Å². The molecule has 1 aromatic heterocycles. The van der Waals surface area contributed by atoms with E-state index in [4.69, 9.17) is 9.47 Å². The smallest absolute Gasteiger partial charge is 0.283 e. The fourth-order valence-electron chi connectivity index (χ4n) is 1.55. The number of nitrogens with zero attached hydrogens (tertiary/aromatic N) is 2. The van der Waals surface area contributed by atoms with Gasteiger partial charge in [-0.15, -0.1) is 0 Å². The predicted octanol–water partition coefficient (Wildman–Crippen LogP) is 1.98. The van der Waals surface area contributed by atoms with Gasteiger partial charge in [0.05, 0.1) is 29.9 Å². The van der Waals surface area contributed by atoms with Crippen LogP contribution >= 0.6 is 0 Å². The van der Waals surface area contributed by atoms with Crippen LogP contribution in [0.1, 0.15) is 15.9 Å². The van der Waals surface area contributed by atoms with Crippen LogP contribution in [-0.2, 0) is 6.61 Å². The molecule has 0 amide bonds. The first kappa shape index (κ1) is 13.5. The van der Waals surface area contributed by atoms with E-state index in [2.05, 4.69) is 9.68 Å². The summed E-state index contributed by atoms with van der Waals surface area (Å²) in [7, 11) is 1.38. The Labute approximate surface area is 113 Å². The predicted molar refractivity (Wildman–Crippen MR) is 65.9 cm³/mol. The molecule has 0 aliphatic rings. The molecule has 1 aromatic carbocycles. The first-order chi connectivity index (χ1) is 9.65. The number of hydrogen-bond donors (Lipinski definition) is 0. The van der Waals surface area contributed by atoms with Gasteiger partial charge in [0.15, 0.2) is 17.8 Å². The fourth-order valence-corrected chi connectivity index (χ4v) is 1.55. The number of carbonyl (C=O) groups excluding carboxylic acids is 1. The first-order valence-corrected chi connectivity index (χ1v) is 5.48. The highest BCUT2D eigenvalue weighted by Crippen LogP contribution is 2.34. The van der Waals surface area contributed by atoms with Crippen LogP contribution in [0.3, 0.4) is 0 Å². The second-order valence-electron chi connectivity index (χ2n) is 3.76.